The lowest BCUT2D eigenvalue weighted by Gasteiger charge is -2.21. The first-order valence-corrected chi connectivity index (χ1v) is 10.6. The van der Waals surface area contributed by atoms with Crippen molar-refractivity contribution in [3.63, 3.8) is 0 Å². The maximum atomic E-state index is 12.7. The molecule has 3 rings (SSSR count). The molecule has 1 aromatic carbocycles. The molecule has 148 valence electrons. The summed E-state index contributed by atoms with van der Waals surface area (Å²) in [6, 6.07) is 7.90. The number of hydrogen-bond donors (Lipinski definition) is 0. The lowest BCUT2D eigenvalue weighted by molar-refractivity contribution is -0.126. The Morgan fingerprint density at radius 1 is 1.39 bits per heavy atom. The normalized spacial score (nSPS) is 12.8. The number of thiazole rings is 1. The van der Waals surface area contributed by atoms with Gasteiger partial charge in [-0.3, -0.25) is 9.48 Å². The molecule has 3 aromatic rings. The minimum atomic E-state index is -0.113. The van der Waals surface area contributed by atoms with E-state index >= 15 is 0 Å². The van der Waals surface area contributed by atoms with E-state index in [1.165, 1.54) is 0 Å². The van der Waals surface area contributed by atoms with E-state index in [0.717, 1.165) is 45.9 Å². The van der Waals surface area contributed by atoms with Gasteiger partial charge in [-0.15, -0.1) is 11.3 Å². The molecule has 0 radical (unpaired) electrons. The maximum Gasteiger partial charge on any atom is 0.246 e. The molecule has 0 saturated heterocycles. The summed E-state index contributed by atoms with van der Waals surface area (Å²) in [6.45, 7) is 6.81. The average Bonchev–Trinajstić information content (AvgIpc) is 3.24. The summed E-state index contributed by atoms with van der Waals surface area (Å²) in [4.78, 5) is 19.0. The Kier molecular flexibility index (Phi) is 6.52. The first kappa shape index (κ1) is 20.6. The quantitative estimate of drug-likeness (QED) is 0.478. The number of carbonyl (C=O) groups is 1. The molecule has 0 unspecified atom stereocenters. The van der Waals surface area contributed by atoms with Gasteiger partial charge in [-0.05, 0) is 38.5 Å². The number of halogens is 1. The highest BCUT2D eigenvalue weighted by atomic mass is 35.5. The molecular formula is C21H25ClN4OS. The highest BCUT2D eigenvalue weighted by Crippen LogP contribution is 2.29. The third kappa shape index (κ3) is 4.28. The van der Waals surface area contributed by atoms with Gasteiger partial charge in [0.25, 0.3) is 0 Å². The molecule has 1 amide bonds. The number of fused-ring (bicyclic) bond motifs is 1. The van der Waals surface area contributed by atoms with Crippen LogP contribution in [0.2, 0.25) is 5.15 Å². The van der Waals surface area contributed by atoms with Gasteiger partial charge < -0.3 is 4.90 Å². The van der Waals surface area contributed by atoms with E-state index in [1.807, 2.05) is 38.1 Å². The Morgan fingerprint density at radius 2 is 2.14 bits per heavy atom. The number of nitrogens with zero attached hydrogens (tertiary/aromatic N) is 4. The van der Waals surface area contributed by atoms with Crippen molar-refractivity contribution in [3.8, 4) is 0 Å². The van der Waals surface area contributed by atoms with Crippen LogP contribution in [0.1, 0.15) is 49.0 Å². The monoisotopic (exact) mass is 416 g/mol. The Morgan fingerprint density at radius 3 is 2.86 bits per heavy atom. The summed E-state index contributed by atoms with van der Waals surface area (Å²) in [5.74, 6) is -0.0940. The molecule has 2 heterocycles. The van der Waals surface area contributed by atoms with Crippen molar-refractivity contribution in [1.29, 1.82) is 0 Å². The predicted octanol–water partition coefficient (Wildman–Crippen LogP) is 5.49. The van der Waals surface area contributed by atoms with Crippen molar-refractivity contribution in [2.45, 2.75) is 46.2 Å². The lowest BCUT2D eigenvalue weighted by Crippen LogP contribution is -2.27. The van der Waals surface area contributed by atoms with Crippen LogP contribution < -0.4 is 0 Å². The number of amides is 1. The summed E-state index contributed by atoms with van der Waals surface area (Å²) in [7, 11) is 1.79. The highest BCUT2D eigenvalue weighted by molar-refractivity contribution is 7.18. The zero-order valence-electron chi connectivity index (χ0n) is 16.6. The fourth-order valence-electron chi connectivity index (χ4n) is 2.91. The number of rotatable bonds is 7. The Bertz CT molecular complexity index is 974. The molecule has 0 fully saturated rings. The number of likely N-dealkylation sites (N-methyl/N-ethyl adjacent to an activating group) is 1. The summed E-state index contributed by atoms with van der Waals surface area (Å²) in [6.07, 6.45) is 5.42. The fraction of sp³-hybridized carbons (Fsp3) is 0.381. The smallest absolute Gasteiger partial charge is 0.246 e. The van der Waals surface area contributed by atoms with Gasteiger partial charge in [0.2, 0.25) is 5.91 Å². The van der Waals surface area contributed by atoms with Gasteiger partial charge in [-0.25, -0.2) is 4.98 Å². The number of aryl methyl sites for hydroxylation is 2. The minimum absolute atomic E-state index is 0.0940. The fourth-order valence-corrected chi connectivity index (χ4v) is 4.29. The van der Waals surface area contributed by atoms with E-state index in [1.54, 1.807) is 40.1 Å². The number of hydrogen-bond acceptors (Lipinski definition) is 4. The molecule has 0 N–H and O–H groups in total. The Hall–Kier alpha value is -2.18. The first-order valence-electron chi connectivity index (χ1n) is 9.45. The Balaban J connectivity index is 1.74. The lowest BCUT2D eigenvalue weighted by atomic mass is 10.2. The largest absolute Gasteiger partial charge is 0.333 e. The molecule has 0 spiro atoms. The third-order valence-corrected chi connectivity index (χ3v) is 6.43. The molecule has 2 aromatic heterocycles. The van der Waals surface area contributed by atoms with Gasteiger partial charge in [-0.2, -0.15) is 5.10 Å². The second-order valence-electron chi connectivity index (χ2n) is 6.84. The number of unbranched alkanes of at least 4 members (excludes halogenated alkanes) is 1. The molecule has 28 heavy (non-hydrogen) atoms. The topological polar surface area (TPSA) is 51.0 Å². The van der Waals surface area contributed by atoms with E-state index < -0.39 is 0 Å². The minimum Gasteiger partial charge on any atom is -0.333 e. The molecule has 0 bridgehead atoms. The summed E-state index contributed by atoms with van der Waals surface area (Å²) in [5.41, 5.74) is 2.59. The van der Waals surface area contributed by atoms with Crippen LogP contribution in [0.5, 0.6) is 0 Å². The van der Waals surface area contributed by atoms with Crippen LogP contribution in [0.25, 0.3) is 16.3 Å². The zero-order chi connectivity index (χ0) is 20.3. The number of para-hydroxylation sites is 1. The summed E-state index contributed by atoms with van der Waals surface area (Å²) < 4.78 is 2.93. The standard InChI is InChI=1S/C21H25ClN4OS/c1-5-6-13-26-20(22)16(14(2)24-26)11-12-19(27)25(4)15(3)21-23-17-9-7-8-10-18(17)28-21/h7-12,15H,5-6,13H2,1-4H3/b12-11+/t15-/m0/s1. The second kappa shape index (κ2) is 8.88. The van der Waals surface area contributed by atoms with Gasteiger partial charge in [0.1, 0.15) is 10.2 Å². The number of aromatic nitrogens is 3. The Labute approximate surface area is 174 Å². The van der Waals surface area contributed by atoms with Crippen molar-refractivity contribution in [2.75, 3.05) is 7.05 Å². The highest BCUT2D eigenvalue weighted by Gasteiger charge is 2.19. The number of benzene rings is 1. The molecular weight excluding hydrogens is 392 g/mol. The predicted molar refractivity (Wildman–Crippen MR) is 117 cm³/mol. The van der Waals surface area contributed by atoms with Crippen molar-refractivity contribution >= 4 is 45.1 Å². The van der Waals surface area contributed by atoms with Crippen molar-refractivity contribution in [2.24, 2.45) is 0 Å². The molecule has 7 heteroatoms. The van der Waals surface area contributed by atoms with Crippen molar-refractivity contribution < 1.29 is 4.79 Å². The molecule has 0 saturated carbocycles. The van der Waals surface area contributed by atoms with Gasteiger partial charge in [0.15, 0.2) is 0 Å². The average molecular weight is 417 g/mol. The summed E-state index contributed by atoms with van der Waals surface area (Å²) >= 11 is 8.07. The molecule has 0 aliphatic rings. The summed E-state index contributed by atoms with van der Waals surface area (Å²) in [5, 5.41) is 5.98. The van der Waals surface area contributed by atoms with Crippen molar-refractivity contribution in [1.82, 2.24) is 19.7 Å². The van der Waals surface area contributed by atoms with Gasteiger partial charge in [0, 0.05) is 25.2 Å². The van der Waals surface area contributed by atoms with Gasteiger partial charge in [-0.1, -0.05) is 37.1 Å². The third-order valence-electron chi connectivity index (χ3n) is 4.82. The van der Waals surface area contributed by atoms with Crippen LogP contribution >= 0.6 is 22.9 Å². The van der Waals surface area contributed by atoms with Gasteiger partial charge in [0.05, 0.1) is 22.0 Å². The molecule has 0 aliphatic heterocycles. The second-order valence-corrected chi connectivity index (χ2v) is 8.27. The first-order chi connectivity index (χ1) is 13.4. The van der Waals surface area contributed by atoms with Crippen LogP contribution in [-0.2, 0) is 11.3 Å². The number of carbonyl (C=O) groups excluding carboxylic acids is 1. The van der Waals surface area contributed by atoms with Crippen LogP contribution in [0.4, 0.5) is 0 Å². The molecule has 5 nitrogen and oxygen atoms in total. The van der Waals surface area contributed by atoms with Crippen LogP contribution in [0.15, 0.2) is 30.3 Å². The molecule has 1 atom stereocenters. The van der Waals surface area contributed by atoms with Crippen LogP contribution in [-0.4, -0.2) is 32.6 Å². The zero-order valence-corrected chi connectivity index (χ0v) is 18.2. The van der Waals surface area contributed by atoms with Crippen LogP contribution in [0.3, 0.4) is 0 Å². The van der Waals surface area contributed by atoms with Gasteiger partial charge >= 0.3 is 0 Å². The van der Waals surface area contributed by atoms with E-state index in [4.69, 9.17) is 11.6 Å². The van der Waals surface area contributed by atoms with Crippen molar-refractivity contribution in [3.05, 3.63) is 51.8 Å². The van der Waals surface area contributed by atoms with Crippen LogP contribution in [0, 0.1) is 6.92 Å². The maximum absolute atomic E-state index is 12.7. The van der Waals surface area contributed by atoms with E-state index in [2.05, 4.69) is 17.0 Å². The van der Waals surface area contributed by atoms with E-state index in [-0.39, 0.29) is 11.9 Å². The molecule has 0 aliphatic carbocycles. The van der Waals surface area contributed by atoms with E-state index in [0.29, 0.717) is 5.15 Å². The SMILES string of the molecule is CCCCn1nc(C)c(/C=C/C(=O)N(C)[C@@H](C)c2nc3ccccc3s2)c1Cl. The van der Waals surface area contributed by atoms with E-state index in [9.17, 15) is 4.79 Å².